The van der Waals surface area contributed by atoms with Crippen molar-refractivity contribution in [3.05, 3.63) is 82.7 Å². The summed E-state index contributed by atoms with van der Waals surface area (Å²) in [5, 5.41) is 10.9. The number of amides is 1. The second-order valence-corrected chi connectivity index (χ2v) is 9.81. The van der Waals surface area contributed by atoms with Crippen molar-refractivity contribution in [3.63, 3.8) is 0 Å². The quantitative estimate of drug-likeness (QED) is 0.570. The number of ketones is 1. The smallest absolute Gasteiger partial charge is 0.261 e. The highest BCUT2D eigenvalue weighted by atomic mass is 16.5. The lowest BCUT2D eigenvalue weighted by Gasteiger charge is -2.39. The molecule has 0 bridgehead atoms. The van der Waals surface area contributed by atoms with E-state index in [-0.39, 0.29) is 23.1 Å². The van der Waals surface area contributed by atoms with Crippen molar-refractivity contribution < 1.29 is 14.3 Å². The van der Waals surface area contributed by atoms with E-state index in [1.165, 1.54) is 0 Å². The molecule has 1 aliphatic heterocycles. The predicted octanol–water partition coefficient (Wildman–Crippen LogP) is 5.11. The highest BCUT2D eigenvalue weighted by Crippen LogP contribution is 2.46. The number of Topliss-reactive ketones (excluding diaryl/α,β-unsaturated/α-hetero) is 1. The van der Waals surface area contributed by atoms with Crippen molar-refractivity contribution >= 4 is 23.2 Å². The Bertz CT molecular complexity index is 1320. The number of carbonyl (C=O) groups is 2. The van der Waals surface area contributed by atoms with Crippen LogP contribution in [0.3, 0.4) is 0 Å². The molecule has 2 aromatic carbocycles. The number of benzene rings is 2. The van der Waals surface area contributed by atoms with Gasteiger partial charge in [-0.25, -0.2) is 4.68 Å². The van der Waals surface area contributed by atoms with Crippen LogP contribution in [0.2, 0.25) is 0 Å². The van der Waals surface area contributed by atoms with Gasteiger partial charge in [0.1, 0.15) is 23.2 Å². The zero-order valence-corrected chi connectivity index (χ0v) is 19.8. The van der Waals surface area contributed by atoms with Gasteiger partial charge in [0.2, 0.25) is 0 Å². The Hall–Kier alpha value is -3.87. The second-order valence-electron chi connectivity index (χ2n) is 9.81. The largest absolute Gasteiger partial charge is 0.497 e. The van der Waals surface area contributed by atoms with E-state index in [1.54, 1.807) is 24.1 Å². The Morgan fingerprint density at radius 2 is 1.94 bits per heavy atom. The Kier molecular flexibility index (Phi) is 5.27. The molecule has 0 spiro atoms. The van der Waals surface area contributed by atoms with Gasteiger partial charge >= 0.3 is 0 Å². The number of carbonyl (C=O) groups excluding carboxylic acids is 2. The molecule has 3 aromatic rings. The molecule has 2 N–H and O–H groups in total. The highest BCUT2D eigenvalue weighted by molar-refractivity contribution is 6.08. The van der Waals surface area contributed by atoms with Crippen molar-refractivity contribution in [3.8, 4) is 5.75 Å². The van der Waals surface area contributed by atoms with Crippen LogP contribution in [0, 0.1) is 12.3 Å². The lowest BCUT2D eigenvalue weighted by molar-refractivity contribution is -0.118. The predicted molar refractivity (Wildman–Crippen MR) is 131 cm³/mol. The molecule has 0 radical (unpaired) electrons. The van der Waals surface area contributed by atoms with Gasteiger partial charge in [-0.15, -0.1) is 0 Å². The maximum atomic E-state index is 13.3. The van der Waals surface area contributed by atoms with Gasteiger partial charge in [-0.2, -0.15) is 5.10 Å². The van der Waals surface area contributed by atoms with E-state index in [0.717, 1.165) is 28.8 Å². The standard InChI is InChI=1S/C27H28N4O3/c1-16-8-10-17(11-9-16)24-23-21(13-27(2,3)14-22(23)32)30-25-20(15-28-31(24)25)26(33)29-18-6-5-7-19(12-18)34-4/h5-12,15,24,30H,13-14H2,1-4H3,(H,29,33). The summed E-state index contributed by atoms with van der Waals surface area (Å²) in [5.74, 6) is 1.09. The zero-order valence-electron chi connectivity index (χ0n) is 19.8. The number of rotatable bonds is 4. The highest BCUT2D eigenvalue weighted by Gasteiger charge is 2.42. The molecule has 1 amide bonds. The first-order chi connectivity index (χ1) is 16.3. The molecule has 5 rings (SSSR count). The molecule has 2 aliphatic rings. The lowest BCUT2D eigenvalue weighted by atomic mass is 9.73. The Morgan fingerprint density at radius 1 is 1.18 bits per heavy atom. The molecule has 0 saturated carbocycles. The topological polar surface area (TPSA) is 85.2 Å². The minimum atomic E-state index is -0.381. The van der Waals surface area contributed by atoms with E-state index < -0.39 is 0 Å². The van der Waals surface area contributed by atoms with E-state index in [1.807, 2.05) is 49.4 Å². The number of nitrogens with one attached hydrogen (secondary N) is 2. The summed E-state index contributed by atoms with van der Waals surface area (Å²) in [6, 6.07) is 15.0. The number of hydrogen-bond donors (Lipinski definition) is 2. The van der Waals surface area contributed by atoms with E-state index >= 15 is 0 Å². The summed E-state index contributed by atoms with van der Waals surface area (Å²) in [4.78, 5) is 26.6. The molecule has 7 heteroatoms. The van der Waals surface area contributed by atoms with Crippen LogP contribution in [0.4, 0.5) is 11.5 Å². The van der Waals surface area contributed by atoms with Gasteiger partial charge in [-0.1, -0.05) is 49.7 Å². The molecule has 34 heavy (non-hydrogen) atoms. The molecule has 1 unspecified atom stereocenters. The van der Waals surface area contributed by atoms with Crippen LogP contribution < -0.4 is 15.4 Å². The van der Waals surface area contributed by atoms with Crippen LogP contribution in [0.25, 0.3) is 0 Å². The third-order valence-electron chi connectivity index (χ3n) is 6.47. The second kappa shape index (κ2) is 8.17. The van der Waals surface area contributed by atoms with Crippen molar-refractivity contribution in [2.75, 3.05) is 17.7 Å². The van der Waals surface area contributed by atoms with E-state index in [2.05, 4.69) is 29.6 Å². The first-order valence-corrected chi connectivity index (χ1v) is 11.4. The Labute approximate surface area is 198 Å². The molecule has 0 saturated heterocycles. The van der Waals surface area contributed by atoms with Crippen LogP contribution in [0.1, 0.15) is 54.2 Å². The molecule has 1 aromatic heterocycles. The first-order valence-electron chi connectivity index (χ1n) is 11.4. The van der Waals surface area contributed by atoms with Gasteiger partial charge in [0.05, 0.1) is 13.3 Å². The van der Waals surface area contributed by atoms with Crippen molar-refractivity contribution in [1.82, 2.24) is 9.78 Å². The number of aromatic nitrogens is 2. The van der Waals surface area contributed by atoms with E-state index in [0.29, 0.717) is 29.2 Å². The minimum Gasteiger partial charge on any atom is -0.497 e. The van der Waals surface area contributed by atoms with Crippen LogP contribution in [-0.2, 0) is 4.79 Å². The van der Waals surface area contributed by atoms with Gasteiger partial charge in [0, 0.05) is 29.4 Å². The lowest BCUT2D eigenvalue weighted by Crippen LogP contribution is -2.37. The Balaban J connectivity index is 1.57. The van der Waals surface area contributed by atoms with E-state index in [4.69, 9.17) is 4.74 Å². The number of fused-ring (bicyclic) bond motifs is 1. The fraction of sp³-hybridized carbons (Fsp3) is 0.296. The molecule has 1 aliphatic carbocycles. The third kappa shape index (κ3) is 3.87. The van der Waals surface area contributed by atoms with Gasteiger partial charge in [0.15, 0.2) is 5.78 Å². The van der Waals surface area contributed by atoms with Crippen molar-refractivity contribution in [1.29, 1.82) is 0 Å². The maximum absolute atomic E-state index is 13.3. The van der Waals surface area contributed by atoms with Crippen molar-refractivity contribution in [2.24, 2.45) is 5.41 Å². The summed E-state index contributed by atoms with van der Waals surface area (Å²) in [5.41, 5.74) is 4.60. The minimum absolute atomic E-state index is 0.118. The first kappa shape index (κ1) is 21.9. The van der Waals surface area contributed by atoms with Crippen LogP contribution in [0.5, 0.6) is 5.75 Å². The summed E-state index contributed by atoms with van der Waals surface area (Å²) < 4.78 is 7.02. The van der Waals surface area contributed by atoms with Crippen LogP contribution in [-0.4, -0.2) is 28.6 Å². The third-order valence-corrected chi connectivity index (χ3v) is 6.47. The molecule has 1 atom stereocenters. The zero-order chi connectivity index (χ0) is 24.0. The monoisotopic (exact) mass is 456 g/mol. The number of anilines is 2. The normalized spacial score (nSPS) is 18.6. The van der Waals surface area contributed by atoms with Gasteiger partial charge < -0.3 is 15.4 Å². The van der Waals surface area contributed by atoms with Gasteiger partial charge in [-0.05, 0) is 36.5 Å². The molecule has 2 heterocycles. The number of allylic oxidation sites excluding steroid dienone is 2. The Morgan fingerprint density at radius 3 is 2.68 bits per heavy atom. The molecular formula is C27H28N4O3. The molecule has 7 nitrogen and oxygen atoms in total. The molecule has 174 valence electrons. The number of nitrogens with zero attached hydrogens (tertiary/aromatic N) is 2. The molecule has 0 fully saturated rings. The summed E-state index contributed by atoms with van der Waals surface area (Å²) >= 11 is 0. The molecular weight excluding hydrogens is 428 g/mol. The summed E-state index contributed by atoms with van der Waals surface area (Å²) in [6.07, 6.45) is 2.77. The fourth-order valence-corrected chi connectivity index (χ4v) is 4.83. The van der Waals surface area contributed by atoms with Gasteiger partial charge in [0.25, 0.3) is 5.91 Å². The SMILES string of the molecule is COc1cccc(NC(=O)c2cnn3c2NC2=C(C(=O)CC(C)(C)C2)C3c2ccc(C)cc2)c1. The van der Waals surface area contributed by atoms with Crippen LogP contribution in [0.15, 0.2) is 66.0 Å². The average Bonchev–Trinajstić information content (AvgIpc) is 3.21. The summed E-state index contributed by atoms with van der Waals surface area (Å²) in [7, 11) is 1.59. The maximum Gasteiger partial charge on any atom is 0.261 e. The fourth-order valence-electron chi connectivity index (χ4n) is 4.83. The number of ether oxygens (including phenoxy) is 1. The van der Waals surface area contributed by atoms with Crippen molar-refractivity contribution in [2.45, 2.75) is 39.7 Å². The van der Waals surface area contributed by atoms with Crippen LogP contribution >= 0.6 is 0 Å². The number of aryl methyl sites for hydroxylation is 1. The average molecular weight is 457 g/mol. The number of methoxy groups -OCH3 is 1. The van der Waals surface area contributed by atoms with E-state index in [9.17, 15) is 9.59 Å². The van der Waals surface area contributed by atoms with Gasteiger partial charge in [-0.3, -0.25) is 9.59 Å². The number of hydrogen-bond acceptors (Lipinski definition) is 5. The summed E-state index contributed by atoms with van der Waals surface area (Å²) in [6.45, 7) is 6.23.